The summed E-state index contributed by atoms with van der Waals surface area (Å²) < 4.78 is 15.2. The van der Waals surface area contributed by atoms with Crippen LogP contribution in [0.5, 0.6) is 0 Å². The van der Waals surface area contributed by atoms with Gasteiger partial charge in [0, 0.05) is 38.5 Å². The van der Waals surface area contributed by atoms with E-state index in [9.17, 15) is 28.8 Å². The van der Waals surface area contributed by atoms with Gasteiger partial charge in [-0.15, -0.1) is 0 Å². The number of carbonyl (C=O) groups is 6. The zero-order chi connectivity index (χ0) is 32.2. The van der Waals surface area contributed by atoms with Crippen molar-refractivity contribution >= 4 is 35.8 Å². The van der Waals surface area contributed by atoms with Gasteiger partial charge < -0.3 is 29.5 Å². The largest absolute Gasteiger partial charge is 0.481 e. The van der Waals surface area contributed by atoms with Gasteiger partial charge in [0.15, 0.2) is 6.10 Å². The Bertz CT molecular complexity index is 736. The molecule has 0 bridgehead atoms. The summed E-state index contributed by atoms with van der Waals surface area (Å²) in [5.41, 5.74) is 0. The fourth-order valence-corrected chi connectivity index (χ4v) is 3.88. The van der Waals surface area contributed by atoms with Gasteiger partial charge in [-0.05, 0) is 50.9 Å². The zero-order valence-electron chi connectivity index (χ0n) is 25.6. The number of esters is 3. The Morgan fingerprint density at radius 3 is 1.24 bits per heavy atom. The van der Waals surface area contributed by atoms with Crippen molar-refractivity contribution in [3.8, 4) is 0 Å². The van der Waals surface area contributed by atoms with Gasteiger partial charge in [0.25, 0.3) is 0 Å². The van der Waals surface area contributed by atoms with Crippen molar-refractivity contribution in [1.29, 1.82) is 0 Å². The van der Waals surface area contributed by atoms with Gasteiger partial charge in [0.1, 0.15) is 13.2 Å². The molecule has 42 heavy (non-hydrogen) atoms. The topological polar surface area (TPSA) is 191 Å². The van der Waals surface area contributed by atoms with E-state index in [1.165, 1.54) is 0 Å². The van der Waals surface area contributed by atoms with Crippen LogP contribution in [0.2, 0.25) is 0 Å². The summed E-state index contributed by atoms with van der Waals surface area (Å²) in [6.45, 7) is 5.42. The molecule has 3 N–H and O–H groups in total. The Kier molecular flexibility index (Phi) is 27.3. The van der Waals surface area contributed by atoms with E-state index in [0.29, 0.717) is 57.3 Å². The first kappa shape index (κ1) is 41.0. The van der Waals surface area contributed by atoms with E-state index in [4.69, 9.17) is 29.5 Å². The van der Waals surface area contributed by atoms with Crippen molar-refractivity contribution in [3.05, 3.63) is 0 Å². The maximum Gasteiger partial charge on any atom is 0.306 e. The van der Waals surface area contributed by atoms with Gasteiger partial charge in [-0.1, -0.05) is 46.5 Å². The molecule has 12 heteroatoms. The molecule has 244 valence electrons. The number of hydrogen-bond donors (Lipinski definition) is 3. The molecule has 0 aliphatic rings. The Balaban J connectivity index is 0. The molecule has 0 aliphatic carbocycles. The molecule has 0 atom stereocenters. The molecule has 0 rings (SSSR count). The fraction of sp³-hybridized carbons (Fsp3) is 0.800. The van der Waals surface area contributed by atoms with Crippen LogP contribution in [-0.2, 0) is 43.0 Å². The normalized spacial score (nSPS) is 10.5. The average molecular weight is 605 g/mol. The zero-order valence-corrected chi connectivity index (χ0v) is 25.6. The van der Waals surface area contributed by atoms with Crippen LogP contribution in [0.3, 0.4) is 0 Å². The highest BCUT2D eigenvalue weighted by molar-refractivity contribution is 5.71. The first-order valence-electron chi connectivity index (χ1n) is 15.1. The van der Waals surface area contributed by atoms with E-state index >= 15 is 0 Å². The van der Waals surface area contributed by atoms with E-state index in [1.807, 2.05) is 20.8 Å². The lowest BCUT2D eigenvalue weighted by molar-refractivity contribution is -0.166. The second-order valence-corrected chi connectivity index (χ2v) is 10.2. The summed E-state index contributed by atoms with van der Waals surface area (Å²) in [7, 11) is 0. The molecule has 0 radical (unpaired) electrons. The van der Waals surface area contributed by atoms with E-state index in [1.54, 1.807) is 0 Å². The molecule has 0 aliphatic heterocycles. The van der Waals surface area contributed by atoms with E-state index < -0.39 is 24.0 Å². The van der Waals surface area contributed by atoms with Crippen molar-refractivity contribution in [2.75, 3.05) is 13.2 Å². The molecule has 0 aromatic rings. The summed E-state index contributed by atoms with van der Waals surface area (Å²) >= 11 is 0. The third kappa shape index (κ3) is 29.8. The summed E-state index contributed by atoms with van der Waals surface area (Å²) in [6, 6.07) is 0. The van der Waals surface area contributed by atoms with Crippen molar-refractivity contribution in [1.82, 2.24) is 0 Å². The summed E-state index contributed by atoms with van der Waals surface area (Å²) in [6.07, 6.45) is 8.81. The number of rotatable bonds is 25. The number of ether oxygens (including phenoxy) is 3. The predicted molar refractivity (Wildman–Crippen MR) is 154 cm³/mol. The van der Waals surface area contributed by atoms with E-state index in [0.717, 1.165) is 32.1 Å². The van der Waals surface area contributed by atoms with Crippen molar-refractivity contribution < 1.29 is 58.3 Å². The monoisotopic (exact) mass is 604 g/mol. The Morgan fingerprint density at radius 1 is 0.500 bits per heavy atom. The summed E-state index contributed by atoms with van der Waals surface area (Å²) in [5.74, 6) is -3.11. The molecule has 0 spiro atoms. The first-order chi connectivity index (χ1) is 19.9. The van der Waals surface area contributed by atoms with Gasteiger partial charge in [-0.2, -0.15) is 0 Å². The Hall–Kier alpha value is -3.18. The lowest BCUT2D eigenvalue weighted by Crippen LogP contribution is -2.30. The highest BCUT2D eigenvalue weighted by Crippen LogP contribution is 2.23. The maximum absolute atomic E-state index is 11.5. The SMILES string of the molecule is CCCC(=O)OCC(COC(=O)CCC)OC(=O)CCC.O=C(O)CCCCC(CCCCC(=O)O)CCCC(=O)O. The third-order valence-corrected chi connectivity index (χ3v) is 6.03. The second-order valence-electron chi connectivity index (χ2n) is 10.2. The number of carboxylic acids is 3. The molecule has 0 fully saturated rings. The fourth-order valence-electron chi connectivity index (χ4n) is 3.88. The second kappa shape index (κ2) is 28.0. The number of carboxylic acid groups (broad SMARTS) is 3. The molecule has 0 saturated heterocycles. The predicted octanol–water partition coefficient (Wildman–Crippen LogP) is 5.53. The summed E-state index contributed by atoms with van der Waals surface area (Å²) in [5, 5.41) is 25.8. The van der Waals surface area contributed by atoms with Crippen molar-refractivity contribution in [2.24, 2.45) is 5.92 Å². The third-order valence-electron chi connectivity index (χ3n) is 6.03. The average Bonchev–Trinajstić information content (AvgIpc) is 2.90. The molecular weight excluding hydrogens is 552 g/mol. The minimum atomic E-state index is -0.800. The number of carbonyl (C=O) groups excluding carboxylic acids is 3. The molecule has 12 nitrogen and oxygen atoms in total. The lowest BCUT2D eigenvalue weighted by atomic mass is 9.90. The molecule has 0 aromatic carbocycles. The lowest BCUT2D eigenvalue weighted by Gasteiger charge is -2.18. The van der Waals surface area contributed by atoms with Gasteiger partial charge in [0.2, 0.25) is 0 Å². The van der Waals surface area contributed by atoms with Gasteiger partial charge in [-0.25, -0.2) is 0 Å². The van der Waals surface area contributed by atoms with Crippen molar-refractivity contribution in [3.63, 3.8) is 0 Å². The molecular formula is C30H52O12. The van der Waals surface area contributed by atoms with Crippen LogP contribution in [0.4, 0.5) is 0 Å². The van der Waals surface area contributed by atoms with Gasteiger partial charge in [-0.3, -0.25) is 28.8 Å². The smallest absolute Gasteiger partial charge is 0.306 e. The Morgan fingerprint density at radius 2 is 0.857 bits per heavy atom. The first-order valence-corrected chi connectivity index (χ1v) is 15.1. The number of unbranched alkanes of at least 4 members (excludes halogenated alkanes) is 2. The van der Waals surface area contributed by atoms with Crippen LogP contribution in [0.25, 0.3) is 0 Å². The van der Waals surface area contributed by atoms with Gasteiger partial charge in [0.05, 0.1) is 0 Å². The Labute approximate surface area is 249 Å². The molecule has 0 unspecified atom stereocenters. The number of aliphatic carboxylic acids is 3. The quantitative estimate of drug-likeness (QED) is 0.0671. The van der Waals surface area contributed by atoms with E-state index in [2.05, 4.69) is 0 Å². The van der Waals surface area contributed by atoms with E-state index in [-0.39, 0.29) is 56.8 Å². The van der Waals surface area contributed by atoms with Crippen molar-refractivity contribution in [2.45, 2.75) is 136 Å². The van der Waals surface area contributed by atoms with Crippen LogP contribution in [0, 0.1) is 5.92 Å². The minimum Gasteiger partial charge on any atom is -0.481 e. The molecule has 0 heterocycles. The van der Waals surface area contributed by atoms with Gasteiger partial charge >= 0.3 is 35.8 Å². The minimum absolute atomic E-state index is 0.0896. The number of hydrogen-bond acceptors (Lipinski definition) is 9. The van der Waals surface area contributed by atoms with Crippen LogP contribution < -0.4 is 0 Å². The highest BCUT2D eigenvalue weighted by atomic mass is 16.6. The van der Waals surface area contributed by atoms with Crippen LogP contribution in [0.15, 0.2) is 0 Å². The molecule has 0 saturated carbocycles. The molecule has 0 amide bonds. The van der Waals surface area contributed by atoms with Crippen LogP contribution >= 0.6 is 0 Å². The standard InChI is InChI=1S/2C15H26O6/c1-4-7-13(16)19-10-12(21-15(18)9-6-3)11-20-14(17)8-5-2;16-13(17)9-3-1-6-12(8-5-11-15(20)21)7-2-4-10-14(18)19/h12H,4-11H2,1-3H3;12H,1-11H2,(H,16,17)(H,18,19)(H,20,21). The van der Waals surface area contributed by atoms with Crippen LogP contribution in [0.1, 0.15) is 130 Å². The molecule has 0 aromatic heterocycles. The highest BCUT2D eigenvalue weighted by Gasteiger charge is 2.19. The summed E-state index contributed by atoms with van der Waals surface area (Å²) in [4.78, 5) is 65.6. The maximum atomic E-state index is 11.5. The van der Waals surface area contributed by atoms with Crippen LogP contribution in [-0.4, -0.2) is 70.5 Å².